The Bertz CT molecular complexity index is 307. The minimum absolute atomic E-state index is 0.136. The van der Waals surface area contributed by atoms with E-state index in [1.807, 2.05) is 0 Å². The molecule has 1 rings (SSSR count). The minimum atomic E-state index is -3.89. The number of rotatable bonds is 3. The molecule has 1 heterocycles. The molecule has 17 heavy (non-hydrogen) atoms. The number of hydrogen-bond acceptors (Lipinski definition) is 4. The van der Waals surface area contributed by atoms with Crippen LogP contribution in [-0.4, -0.2) is 42.3 Å². The molecule has 0 aliphatic carbocycles. The van der Waals surface area contributed by atoms with E-state index in [1.54, 1.807) is 0 Å². The number of carbonyl (C=O) groups excluding carboxylic acids is 1. The monoisotopic (exact) mass is 251 g/mol. The smallest absolute Gasteiger partial charge is 0.380 e. The van der Waals surface area contributed by atoms with Crippen molar-refractivity contribution >= 4 is 5.97 Å². The molecule has 0 saturated carbocycles. The van der Waals surface area contributed by atoms with E-state index in [0.29, 0.717) is 0 Å². The average Bonchev–Trinajstić information content (AvgIpc) is 2.22. The lowest BCUT2D eigenvalue weighted by molar-refractivity contribution is -0.249. The van der Waals surface area contributed by atoms with Crippen LogP contribution < -0.4 is 5.32 Å². The van der Waals surface area contributed by atoms with Gasteiger partial charge in [0.1, 0.15) is 5.60 Å². The van der Waals surface area contributed by atoms with Crippen LogP contribution in [0.4, 0.5) is 8.78 Å². The van der Waals surface area contributed by atoms with Crippen LogP contribution >= 0.6 is 0 Å². The normalized spacial score (nSPS) is 28.8. The van der Waals surface area contributed by atoms with Gasteiger partial charge < -0.3 is 15.2 Å². The van der Waals surface area contributed by atoms with Crippen LogP contribution in [0, 0.1) is 5.41 Å². The first kappa shape index (κ1) is 14.3. The van der Waals surface area contributed by atoms with Crippen molar-refractivity contribution < 1.29 is 23.4 Å². The largest absolute Gasteiger partial charge is 0.461 e. The van der Waals surface area contributed by atoms with E-state index in [4.69, 9.17) is 0 Å². The first-order valence-electron chi connectivity index (χ1n) is 5.67. The van der Waals surface area contributed by atoms with Gasteiger partial charge in [-0.15, -0.1) is 0 Å². The molecule has 1 atom stereocenters. The van der Waals surface area contributed by atoms with Crippen LogP contribution in [0.15, 0.2) is 0 Å². The zero-order valence-electron chi connectivity index (χ0n) is 10.3. The second-order valence-electron chi connectivity index (χ2n) is 4.97. The standard InChI is InChI=1S/C11H19F2NO3/c1-4-17-8(15)11(12,13)10(16)5-6-14-7-9(10,2)3/h14,16H,4-7H2,1-3H3. The Labute approximate surface area is 99.3 Å². The molecule has 1 saturated heterocycles. The van der Waals surface area contributed by atoms with Crippen molar-refractivity contribution in [2.24, 2.45) is 5.41 Å². The van der Waals surface area contributed by atoms with Crippen molar-refractivity contribution in [3.63, 3.8) is 0 Å². The highest BCUT2D eigenvalue weighted by Crippen LogP contribution is 2.46. The van der Waals surface area contributed by atoms with E-state index in [9.17, 15) is 18.7 Å². The summed E-state index contributed by atoms with van der Waals surface area (Å²) < 4.78 is 32.4. The number of hydrogen-bond donors (Lipinski definition) is 2. The van der Waals surface area contributed by atoms with Crippen molar-refractivity contribution in [1.82, 2.24) is 5.32 Å². The predicted octanol–water partition coefficient (Wildman–Crippen LogP) is 0.935. The molecule has 1 aliphatic heterocycles. The van der Waals surface area contributed by atoms with Gasteiger partial charge in [0.15, 0.2) is 0 Å². The third kappa shape index (κ3) is 2.15. The molecule has 0 bridgehead atoms. The maximum Gasteiger partial charge on any atom is 0.380 e. The summed E-state index contributed by atoms with van der Waals surface area (Å²) in [5, 5.41) is 13.2. The first-order valence-corrected chi connectivity index (χ1v) is 5.67. The van der Waals surface area contributed by atoms with Crippen LogP contribution in [0.5, 0.6) is 0 Å². The lowest BCUT2D eigenvalue weighted by Gasteiger charge is -2.49. The van der Waals surface area contributed by atoms with Gasteiger partial charge in [0, 0.05) is 12.0 Å². The number of aliphatic hydroxyl groups is 1. The second kappa shape index (κ2) is 4.49. The minimum Gasteiger partial charge on any atom is -0.461 e. The summed E-state index contributed by atoms with van der Waals surface area (Å²) in [7, 11) is 0. The van der Waals surface area contributed by atoms with E-state index in [1.165, 1.54) is 20.8 Å². The van der Waals surface area contributed by atoms with Gasteiger partial charge in [0.05, 0.1) is 6.61 Å². The van der Waals surface area contributed by atoms with Gasteiger partial charge in [-0.3, -0.25) is 0 Å². The van der Waals surface area contributed by atoms with E-state index in [-0.39, 0.29) is 26.1 Å². The average molecular weight is 251 g/mol. The summed E-state index contributed by atoms with van der Waals surface area (Å²) >= 11 is 0. The van der Waals surface area contributed by atoms with Gasteiger partial charge in [-0.1, -0.05) is 13.8 Å². The second-order valence-corrected chi connectivity index (χ2v) is 4.97. The number of piperidine rings is 1. The summed E-state index contributed by atoms with van der Waals surface area (Å²) in [6.45, 7) is 4.79. The highest BCUT2D eigenvalue weighted by atomic mass is 19.3. The van der Waals surface area contributed by atoms with Gasteiger partial charge in [0.2, 0.25) is 0 Å². The first-order chi connectivity index (χ1) is 7.69. The van der Waals surface area contributed by atoms with Gasteiger partial charge in [-0.25, -0.2) is 4.79 Å². The molecule has 0 aromatic carbocycles. The van der Waals surface area contributed by atoms with Crippen LogP contribution in [0.3, 0.4) is 0 Å². The number of carbonyl (C=O) groups is 1. The molecular formula is C11H19F2NO3. The molecule has 100 valence electrons. The number of alkyl halides is 2. The lowest BCUT2D eigenvalue weighted by Crippen LogP contribution is -2.67. The lowest BCUT2D eigenvalue weighted by atomic mass is 9.67. The highest BCUT2D eigenvalue weighted by molar-refractivity contribution is 5.79. The molecule has 1 aliphatic rings. The topological polar surface area (TPSA) is 58.6 Å². The van der Waals surface area contributed by atoms with Crippen molar-refractivity contribution in [1.29, 1.82) is 0 Å². The third-order valence-electron chi connectivity index (χ3n) is 3.40. The summed E-state index contributed by atoms with van der Waals surface area (Å²) in [5.41, 5.74) is -3.49. The van der Waals surface area contributed by atoms with Crippen LogP contribution in [0.1, 0.15) is 27.2 Å². The fourth-order valence-corrected chi connectivity index (χ4v) is 2.13. The Kier molecular flexibility index (Phi) is 3.78. The van der Waals surface area contributed by atoms with Gasteiger partial charge in [-0.05, 0) is 19.9 Å². The summed E-state index contributed by atoms with van der Waals surface area (Å²) in [4.78, 5) is 11.3. The number of halogens is 2. The van der Waals surface area contributed by atoms with E-state index < -0.39 is 22.9 Å². The Morgan fingerprint density at radius 1 is 1.53 bits per heavy atom. The molecular weight excluding hydrogens is 232 g/mol. The number of esters is 1. The maximum atomic E-state index is 14.0. The highest BCUT2D eigenvalue weighted by Gasteiger charge is 2.66. The molecule has 0 amide bonds. The summed E-state index contributed by atoms with van der Waals surface area (Å²) in [5.74, 6) is -5.55. The van der Waals surface area contributed by atoms with Crippen molar-refractivity contribution in [2.75, 3.05) is 19.7 Å². The molecule has 2 N–H and O–H groups in total. The Balaban J connectivity index is 3.05. The van der Waals surface area contributed by atoms with Crippen LogP contribution in [0.25, 0.3) is 0 Å². The Morgan fingerprint density at radius 2 is 2.12 bits per heavy atom. The van der Waals surface area contributed by atoms with Crippen LogP contribution in [0.2, 0.25) is 0 Å². The Morgan fingerprint density at radius 3 is 2.59 bits per heavy atom. The molecule has 4 nitrogen and oxygen atoms in total. The molecule has 0 radical (unpaired) electrons. The SMILES string of the molecule is CCOC(=O)C(F)(F)C1(O)CCNCC1(C)C. The number of ether oxygens (including phenoxy) is 1. The molecule has 0 aromatic rings. The number of nitrogens with one attached hydrogen (secondary N) is 1. The summed E-state index contributed by atoms with van der Waals surface area (Å²) in [6, 6.07) is 0. The van der Waals surface area contributed by atoms with E-state index >= 15 is 0 Å². The quantitative estimate of drug-likeness (QED) is 0.733. The molecule has 6 heteroatoms. The zero-order valence-corrected chi connectivity index (χ0v) is 10.3. The molecule has 0 spiro atoms. The fourth-order valence-electron chi connectivity index (χ4n) is 2.13. The van der Waals surface area contributed by atoms with Crippen LogP contribution in [-0.2, 0) is 9.53 Å². The van der Waals surface area contributed by atoms with Crippen molar-refractivity contribution in [2.45, 2.75) is 38.7 Å². The van der Waals surface area contributed by atoms with Gasteiger partial charge in [0.25, 0.3) is 0 Å². The fraction of sp³-hybridized carbons (Fsp3) is 0.909. The van der Waals surface area contributed by atoms with Crippen molar-refractivity contribution in [3.8, 4) is 0 Å². The van der Waals surface area contributed by atoms with E-state index in [2.05, 4.69) is 10.1 Å². The maximum absolute atomic E-state index is 14.0. The zero-order chi connectivity index (χ0) is 13.3. The molecule has 1 fully saturated rings. The summed E-state index contributed by atoms with van der Waals surface area (Å²) in [6.07, 6.45) is -0.189. The van der Waals surface area contributed by atoms with E-state index in [0.717, 1.165) is 0 Å². The van der Waals surface area contributed by atoms with Gasteiger partial charge in [-0.2, -0.15) is 8.78 Å². The predicted molar refractivity (Wildman–Crippen MR) is 57.8 cm³/mol. The third-order valence-corrected chi connectivity index (χ3v) is 3.40. The molecule has 0 aromatic heterocycles. The van der Waals surface area contributed by atoms with Gasteiger partial charge >= 0.3 is 11.9 Å². The Hall–Kier alpha value is -0.750. The molecule has 1 unspecified atom stereocenters. The van der Waals surface area contributed by atoms with Crippen molar-refractivity contribution in [3.05, 3.63) is 0 Å².